The summed E-state index contributed by atoms with van der Waals surface area (Å²) in [6, 6.07) is 4.55. The van der Waals surface area contributed by atoms with Crippen molar-refractivity contribution in [2.75, 3.05) is 5.33 Å². The van der Waals surface area contributed by atoms with E-state index in [1.165, 1.54) is 12.1 Å². The lowest BCUT2D eigenvalue weighted by Crippen LogP contribution is -2.17. The first kappa shape index (κ1) is 14.4. The fraction of sp³-hybridized carbons (Fsp3) is 0.500. The summed E-state index contributed by atoms with van der Waals surface area (Å²) in [6.45, 7) is 1.98. The summed E-state index contributed by atoms with van der Waals surface area (Å²) in [7, 11) is 0. The van der Waals surface area contributed by atoms with E-state index in [1.807, 2.05) is 6.92 Å². The molecule has 0 aliphatic carbocycles. The maximum absolute atomic E-state index is 12.1. The van der Waals surface area contributed by atoms with Crippen molar-refractivity contribution in [3.63, 3.8) is 0 Å². The number of hydrogen-bond donors (Lipinski definition) is 0. The summed E-state index contributed by atoms with van der Waals surface area (Å²) in [5.41, 5.74) is 1.99. The molecule has 0 spiro atoms. The van der Waals surface area contributed by atoms with Crippen molar-refractivity contribution in [3.8, 4) is 5.75 Å². The molecule has 5 heteroatoms. The molecule has 0 radical (unpaired) electrons. The van der Waals surface area contributed by atoms with Gasteiger partial charge in [0.25, 0.3) is 0 Å². The Bertz CT molecular complexity index is 363. The lowest BCUT2D eigenvalue weighted by molar-refractivity contribution is -0.274. The Kier molecular flexibility index (Phi) is 5.31. The molecule has 0 N–H and O–H groups in total. The number of benzene rings is 1. The maximum atomic E-state index is 12.1. The first-order valence-electron chi connectivity index (χ1n) is 5.39. The largest absolute Gasteiger partial charge is 0.573 e. The van der Waals surface area contributed by atoms with Crippen molar-refractivity contribution in [1.82, 2.24) is 0 Å². The van der Waals surface area contributed by atoms with Crippen LogP contribution in [0.2, 0.25) is 0 Å². The number of halogens is 4. The third-order valence-electron chi connectivity index (χ3n) is 2.37. The topological polar surface area (TPSA) is 9.23 Å². The zero-order chi connectivity index (χ0) is 12.9. The number of hydrogen-bond acceptors (Lipinski definition) is 1. The van der Waals surface area contributed by atoms with Gasteiger partial charge in [0.1, 0.15) is 5.75 Å². The molecule has 1 aromatic carbocycles. The van der Waals surface area contributed by atoms with E-state index in [0.29, 0.717) is 0 Å². The molecule has 0 aliphatic rings. The molecule has 0 amide bonds. The Hall–Kier alpha value is -0.710. The summed E-state index contributed by atoms with van der Waals surface area (Å²) in [5, 5.41) is 0.834. The van der Waals surface area contributed by atoms with Crippen LogP contribution in [-0.2, 0) is 12.8 Å². The van der Waals surface area contributed by atoms with Gasteiger partial charge >= 0.3 is 6.36 Å². The molecule has 0 aromatic heterocycles. The van der Waals surface area contributed by atoms with Gasteiger partial charge in [0.05, 0.1) is 0 Å². The van der Waals surface area contributed by atoms with Crippen LogP contribution in [0.5, 0.6) is 5.75 Å². The Morgan fingerprint density at radius 2 is 1.94 bits per heavy atom. The van der Waals surface area contributed by atoms with Crippen LogP contribution in [-0.4, -0.2) is 11.7 Å². The summed E-state index contributed by atoms with van der Waals surface area (Å²) >= 11 is 3.31. The molecular weight excluding hydrogens is 297 g/mol. The molecule has 1 aromatic rings. The lowest BCUT2D eigenvalue weighted by Gasteiger charge is -2.12. The second-order valence-corrected chi connectivity index (χ2v) is 4.42. The van der Waals surface area contributed by atoms with E-state index in [9.17, 15) is 13.2 Å². The molecular formula is C12H14BrF3O. The third-order valence-corrected chi connectivity index (χ3v) is 2.93. The predicted molar refractivity (Wildman–Crippen MR) is 64.6 cm³/mol. The zero-order valence-corrected chi connectivity index (χ0v) is 11.1. The van der Waals surface area contributed by atoms with Gasteiger partial charge in [-0.1, -0.05) is 28.9 Å². The van der Waals surface area contributed by atoms with E-state index in [-0.39, 0.29) is 5.75 Å². The predicted octanol–water partition coefficient (Wildman–Crippen LogP) is 4.48. The molecule has 0 heterocycles. The fourth-order valence-corrected chi connectivity index (χ4v) is 1.91. The Labute approximate surface area is 107 Å². The second-order valence-electron chi connectivity index (χ2n) is 3.62. The highest BCUT2D eigenvalue weighted by molar-refractivity contribution is 9.09. The normalized spacial score (nSPS) is 11.6. The molecule has 0 saturated heterocycles. The highest BCUT2D eigenvalue weighted by Crippen LogP contribution is 2.26. The second kappa shape index (κ2) is 6.28. The van der Waals surface area contributed by atoms with Gasteiger partial charge in [-0.3, -0.25) is 0 Å². The standard InChI is InChI=1S/C12H14BrF3O/c1-2-9-5-6-11(17-12(14,15)16)8-10(9)4-3-7-13/h5-6,8H,2-4,7H2,1H3. The van der Waals surface area contributed by atoms with Crippen LogP contribution in [0, 0.1) is 0 Å². The van der Waals surface area contributed by atoms with Crippen molar-refractivity contribution in [3.05, 3.63) is 29.3 Å². The van der Waals surface area contributed by atoms with E-state index in [2.05, 4.69) is 20.7 Å². The van der Waals surface area contributed by atoms with Gasteiger partial charge in [0.2, 0.25) is 0 Å². The smallest absolute Gasteiger partial charge is 0.406 e. The Morgan fingerprint density at radius 3 is 2.47 bits per heavy atom. The molecule has 1 rings (SSSR count). The van der Waals surface area contributed by atoms with Crippen molar-refractivity contribution in [1.29, 1.82) is 0 Å². The van der Waals surface area contributed by atoms with Crippen LogP contribution < -0.4 is 4.74 Å². The van der Waals surface area contributed by atoms with Crippen molar-refractivity contribution in [2.24, 2.45) is 0 Å². The van der Waals surface area contributed by atoms with E-state index >= 15 is 0 Å². The minimum Gasteiger partial charge on any atom is -0.406 e. The lowest BCUT2D eigenvalue weighted by atomic mass is 10.0. The van der Waals surface area contributed by atoms with Crippen LogP contribution >= 0.6 is 15.9 Å². The van der Waals surface area contributed by atoms with E-state index in [4.69, 9.17) is 0 Å². The minimum absolute atomic E-state index is 0.140. The Balaban J connectivity index is 2.88. The van der Waals surface area contributed by atoms with Gasteiger partial charge in [-0.05, 0) is 42.5 Å². The summed E-state index contributed by atoms with van der Waals surface area (Å²) < 4.78 is 40.1. The van der Waals surface area contributed by atoms with E-state index < -0.39 is 6.36 Å². The van der Waals surface area contributed by atoms with Gasteiger partial charge in [-0.25, -0.2) is 0 Å². The molecule has 17 heavy (non-hydrogen) atoms. The van der Waals surface area contributed by atoms with Crippen LogP contribution in [0.25, 0.3) is 0 Å². The molecule has 0 saturated carbocycles. The van der Waals surface area contributed by atoms with Crippen molar-refractivity contribution < 1.29 is 17.9 Å². The van der Waals surface area contributed by atoms with E-state index in [1.54, 1.807) is 6.07 Å². The van der Waals surface area contributed by atoms with Gasteiger partial charge in [-0.15, -0.1) is 13.2 Å². The van der Waals surface area contributed by atoms with Crippen LogP contribution in [0.3, 0.4) is 0 Å². The van der Waals surface area contributed by atoms with Gasteiger partial charge < -0.3 is 4.74 Å². The average molecular weight is 311 g/mol. The van der Waals surface area contributed by atoms with Gasteiger partial charge in [0, 0.05) is 5.33 Å². The number of aryl methyl sites for hydroxylation is 2. The summed E-state index contributed by atoms with van der Waals surface area (Å²) in [4.78, 5) is 0. The van der Waals surface area contributed by atoms with E-state index in [0.717, 1.165) is 35.7 Å². The third kappa shape index (κ3) is 4.98. The molecule has 1 nitrogen and oxygen atoms in total. The zero-order valence-electron chi connectivity index (χ0n) is 9.48. The number of ether oxygens (including phenoxy) is 1. The minimum atomic E-state index is -4.62. The van der Waals surface area contributed by atoms with Gasteiger partial charge in [-0.2, -0.15) is 0 Å². The molecule has 0 unspecified atom stereocenters. The molecule has 0 fully saturated rings. The van der Waals surface area contributed by atoms with Crippen molar-refractivity contribution in [2.45, 2.75) is 32.5 Å². The van der Waals surface area contributed by atoms with Crippen molar-refractivity contribution >= 4 is 15.9 Å². The molecule has 0 bridgehead atoms. The molecule has 0 aliphatic heterocycles. The highest BCUT2D eigenvalue weighted by atomic mass is 79.9. The summed E-state index contributed by atoms with van der Waals surface area (Å²) in [5.74, 6) is -0.140. The first-order valence-corrected chi connectivity index (χ1v) is 6.52. The SMILES string of the molecule is CCc1ccc(OC(F)(F)F)cc1CCCBr. The monoisotopic (exact) mass is 310 g/mol. The molecule has 0 atom stereocenters. The average Bonchev–Trinajstić information content (AvgIpc) is 2.24. The fourth-order valence-electron chi connectivity index (χ4n) is 1.63. The van der Waals surface area contributed by atoms with Crippen LogP contribution in [0.4, 0.5) is 13.2 Å². The van der Waals surface area contributed by atoms with Gasteiger partial charge in [0.15, 0.2) is 0 Å². The van der Waals surface area contributed by atoms with Crippen LogP contribution in [0.15, 0.2) is 18.2 Å². The first-order chi connectivity index (χ1) is 7.96. The summed E-state index contributed by atoms with van der Waals surface area (Å²) in [6.07, 6.45) is -2.17. The molecule has 96 valence electrons. The Morgan fingerprint density at radius 1 is 1.24 bits per heavy atom. The highest BCUT2D eigenvalue weighted by Gasteiger charge is 2.31. The number of alkyl halides is 4. The quantitative estimate of drug-likeness (QED) is 0.729. The van der Waals surface area contributed by atoms with Crippen LogP contribution in [0.1, 0.15) is 24.5 Å². The number of rotatable bonds is 5. The maximum Gasteiger partial charge on any atom is 0.573 e.